The number of hydrogen-bond acceptors (Lipinski definition) is 3. The molecule has 0 unspecified atom stereocenters. The molecule has 16 heavy (non-hydrogen) atoms. The van der Waals surface area contributed by atoms with Gasteiger partial charge < -0.3 is 10.4 Å². The number of rotatable bonds is 7. The Labute approximate surface area is 100 Å². The normalized spacial score (nSPS) is 17.2. The summed E-state index contributed by atoms with van der Waals surface area (Å²) in [4.78, 5) is 21.6. The average molecular weight is 245 g/mol. The van der Waals surface area contributed by atoms with Gasteiger partial charge in [0.25, 0.3) is 0 Å². The summed E-state index contributed by atoms with van der Waals surface area (Å²) in [5, 5.41) is 11.3. The third-order valence-electron chi connectivity index (χ3n) is 3.21. The Morgan fingerprint density at radius 3 is 2.44 bits per heavy atom. The summed E-state index contributed by atoms with van der Waals surface area (Å²) in [6.45, 7) is 5.09. The molecule has 1 rings (SSSR count). The van der Waals surface area contributed by atoms with E-state index in [1.807, 2.05) is 0 Å². The van der Waals surface area contributed by atoms with E-state index in [1.54, 1.807) is 0 Å². The minimum Gasteiger partial charge on any atom is -0.481 e. The van der Waals surface area contributed by atoms with Crippen molar-refractivity contribution in [3.05, 3.63) is 0 Å². The molecule has 0 aliphatic heterocycles. The number of aliphatic carboxylic acids is 1. The molecule has 0 heterocycles. The van der Waals surface area contributed by atoms with Crippen LogP contribution in [0.5, 0.6) is 0 Å². The van der Waals surface area contributed by atoms with E-state index in [2.05, 4.69) is 19.2 Å². The summed E-state index contributed by atoms with van der Waals surface area (Å²) in [6, 6.07) is 0. The van der Waals surface area contributed by atoms with Crippen molar-refractivity contribution in [2.45, 2.75) is 26.7 Å². The van der Waals surface area contributed by atoms with Gasteiger partial charge >= 0.3 is 5.97 Å². The second kappa shape index (κ2) is 5.57. The Morgan fingerprint density at radius 2 is 2.00 bits per heavy atom. The zero-order chi connectivity index (χ0) is 12.2. The molecule has 0 saturated heterocycles. The smallest absolute Gasteiger partial charge is 0.313 e. The van der Waals surface area contributed by atoms with Gasteiger partial charge in [-0.05, 0) is 24.2 Å². The number of thioether (sulfide) groups is 1. The molecule has 0 aromatic rings. The molecule has 2 N–H and O–H groups in total. The molecule has 1 amide bonds. The molecule has 0 bridgehead atoms. The van der Waals surface area contributed by atoms with Crippen LogP contribution in [0.15, 0.2) is 0 Å². The summed E-state index contributed by atoms with van der Waals surface area (Å²) < 4.78 is 0. The largest absolute Gasteiger partial charge is 0.481 e. The van der Waals surface area contributed by atoms with E-state index in [4.69, 9.17) is 5.11 Å². The summed E-state index contributed by atoms with van der Waals surface area (Å²) >= 11 is 1.14. The van der Waals surface area contributed by atoms with Gasteiger partial charge in [-0.25, -0.2) is 0 Å². The summed E-state index contributed by atoms with van der Waals surface area (Å²) in [5.41, 5.74) is 0.313. The molecule has 5 heteroatoms. The Hall–Kier alpha value is -0.710. The molecular weight excluding hydrogens is 226 g/mol. The van der Waals surface area contributed by atoms with E-state index >= 15 is 0 Å². The maximum Gasteiger partial charge on any atom is 0.313 e. The van der Waals surface area contributed by atoms with Gasteiger partial charge in [-0.3, -0.25) is 9.59 Å². The van der Waals surface area contributed by atoms with Crippen LogP contribution in [-0.2, 0) is 9.59 Å². The average Bonchev–Trinajstić information content (AvgIpc) is 2.95. The Balaban J connectivity index is 2.13. The van der Waals surface area contributed by atoms with Crippen LogP contribution in [0.3, 0.4) is 0 Å². The zero-order valence-electron chi connectivity index (χ0n) is 9.78. The first-order chi connectivity index (χ1) is 7.46. The highest BCUT2D eigenvalue weighted by Crippen LogP contribution is 2.51. The fraction of sp³-hybridized carbons (Fsp3) is 0.818. The number of carbonyl (C=O) groups is 2. The minimum absolute atomic E-state index is 0.0112. The van der Waals surface area contributed by atoms with Crippen LogP contribution in [0.4, 0.5) is 0 Å². The van der Waals surface area contributed by atoms with Gasteiger partial charge in [-0.15, -0.1) is 11.8 Å². The summed E-state index contributed by atoms with van der Waals surface area (Å²) in [7, 11) is 0. The van der Waals surface area contributed by atoms with Crippen molar-refractivity contribution in [3.8, 4) is 0 Å². The molecule has 92 valence electrons. The van der Waals surface area contributed by atoms with E-state index < -0.39 is 5.97 Å². The molecule has 0 radical (unpaired) electrons. The van der Waals surface area contributed by atoms with Crippen molar-refractivity contribution >= 4 is 23.6 Å². The number of carboxylic acid groups (broad SMARTS) is 1. The van der Waals surface area contributed by atoms with Gasteiger partial charge in [-0.1, -0.05) is 13.8 Å². The fourth-order valence-corrected chi connectivity index (χ4v) is 2.24. The molecule has 0 aromatic carbocycles. The third-order valence-corrected chi connectivity index (χ3v) is 4.13. The highest BCUT2D eigenvalue weighted by molar-refractivity contribution is 8.00. The van der Waals surface area contributed by atoms with Crippen LogP contribution in [0.25, 0.3) is 0 Å². The van der Waals surface area contributed by atoms with Crippen molar-refractivity contribution in [3.63, 3.8) is 0 Å². The van der Waals surface area contributed by atoms with Crippen molar-refractivity contribution in [2.75, 3.05) is 18.1 Å². The number of carboxylic acids is 1. The Kier molecular flexibility index (Phi) is 4.65. The fourth-order valence-electron chi connectivity index (χ4n) is 1.68. The number of hydrogen-bond donors (Lipinski definition) is 2. The third kappa shape index (κ3) is 4.04. The van der Waals surface area contributed by atoms with Gasteiger partial charge in [0, 0.05) is 6.54 Å². The molecular formula is C11H19NO3S. The van der Waals surface area contributed by atoms with Crippen molar-refractivity contribution in [2.24, 2.45) is 11.3 Å². The SMILES string of the molecule is CC(C)C1(CNC(=O)CSCC(=O)O)CC1. The topological polar surface area (TPSA) is 66.4 Å². The molecule has 1 aliphatic carbocycles. The lowest BCUT2D eigenvalue weighted by atomic mass is 9.92. The van der Waals surface area contributed by atoms with Crippen LogP contribution in [0, 0.1) is 11.3 Å². The van der Waals surface area contributed by atoms with E-state index in [-0.39, 0.29) is 17.4 Å². The van der Waals surface area contributed by atoms with Crippen molar-refractivity contribution < 1.29 is 14.7 Å². The van der Waals surface area contributed by atoms with Gasteiger partial charge in [0.1, 0.15) is 0 Å². The maximum atomic E-state index is 11.4. The molecule has 1 fully saturated rings. The molecule has 1 aliphatic rings. The predicted octanol–water partition coefficient (Wildman–Crippen LogP) is 1.36. The van der Waals surface area contributed by atoms with Gasteiger partial charge in [0.2, 0.25) is 5.91 Å². The molecule has 1 saturated carbocycles. The lowest BCUT2D eigenvalue weighted by Crippen LogP contribution is -2.33. The highest BCUT2D eigenvalue weighted by Gasteiger charge is 2.45. The molecule has 4 nitrogen and oxygen atoms in total. The van der Waals surface area contributed by atoms with Gasteiger partial charge in [0.05, 0.1) is 11.5 Å². The monoisotopic (exact) mass is 245 g/mol. The second-order valence-corrected chi connectivity index (χ2v) is 5.67. The van der Waals surface area contributed by atoms with Crippen LogP contribution in [-0.4, -0.2) is 35.0 Å². The van der Waals surface area contributed by atoms with Crippen LogP contribution in [0.1, 0.15) is 26.7 Å². The predicted molar refractivity (Wildman–Crippen MR) is 64.5 cm³/mol. The number of amides is 1. The van der Waals surface area contributed by atoms with E-state index in [1.165, 1.54) is 12.8 Å². The standard InChI is InChI=1S/C11H19NO3S/c1-8(2)11(3-4-11)7-12-9(13)5-16-6-10(14)15/h8H,3-7H2,1-2H3,(H,12,13)(H,14,15). The van der Waals surface area contributed by atoms with Crippen LogP contribution >= 0.6 is 11.8 Å². The molecule has 0 aromatic heterocycles. The number of carbonyl (C=O) groups excluding carboxylic acids is 1. The zero-order valence-corrected chi connectivity index (χ0v) is 10.6. The van der Waals surface area contributed by atoms with Crippen molar-refractivity contribution in [1.82, 2.24) is 5.32 Å². The first-order valence-corrected chi connectivity index (χ1v) is 6.68. The van der Waals surface area contributed by atoms with Crippen molar-refractivity contribution in [1.29, 1.82) is 0 Å². The first-order valence-electron chi connectivity index (χ1n) is 5.52. The van der Waals surface area contributed by atoms with E-state index in [0.717, 1.165) is 18.3 Å². The van der Waals surface area contributed by atoms with Crippen LogP contribution < -0.4 is 5.32 Å². The quantitative estimate of drug-likeness (QED) is 0.710. The maximum absolute atomic E-state index is 11.4. The lowest BCUT2D eigenvalue weighted by Gasteiger charge is -2.19. The molecule has 0 atom stereocenters. The minimum atomic E-state index is -0.876. The molecule has 0 spiro atoms. The second-order valence-electron chi connectivity index (χ2n) is 4.68. The van der Waals surface area contributed by atoms with Gasteiger partial charge in [0.15, 0.2) is 0 Å². The summed E-state index contributed by atoms with van der Waals surface area (Å²) in [5.74, 6) is -0.111. The highest BCUT2D eigenvalue weighted by atomic mass is 32.2. The lowest BCUT2D eigenvalue weighted by molar-refractivity contribution is -0.133. The Bertz CT molecular complexity index is 274. The summed E-state index contributed by atoms with van der Waals surface area (Å²) in [6.07, 6.45) is 2.38. The van der Waals surface area contributed by atoms with Crippen LogP contribution in [0.2, 0.25) is 0 Å². The van der Waals surface area contributed by atoms with Gasteiger partial charge in [-0.2, -0.15) is 0 Å². The number of nitrogens with one attached hydrogen (secondary N) is 1. The van der Waals surface area contributed by atoms with E-state index in [0.29, 0.717) is 11.3 Å². The van der Waals surface area contributed by atoms with E-state index in [9.17, 15) is 9.59 Å². The Morgan fingerprint density at radius 1 is 1.38 bits per heavy atom. The first kappa shape index (κ1) is 13.4.